The molecule has 0 amide bonds. The third kappa shape index (κ3) is 1.34. The lowest BCUT2D eigenvalue weighted by Crippen LogP contribution is -2.04. The van der Waals surface area contributed by atoms with Crippen LogP contribution in [0.2, 0.25) is 5.02 Å². The molecule has 1 heterocycles. The summed E-state index contributed by atoms with van der Waals surface area (Å²) in [7, 11) is 1.38. The fraction of sp³-hybridized carbons (Fsp3) is 0.300. The number of ether oxygens (including phenoxy) is 1. The number of carbonyl (C=O) groups is 1. The maximum atomic E-state index is 11.4. The standard InChI is InChI=1S/C10H10ClNO2/c1-14-10(13)7-2-3-8(11)9-6(7)4-5-12-9/h2-3,12H,4-5H2,1H3. The van der Waals surface area contributed by atoms with Gasteiger partial charge in [0.05, 0.1) is 23.4 Å². The molecular formula is C10H10ClNO2. The minimum Gasteiger partial charge on any atom is -0.465 e. The molecule has 0 aromatic heterocycles. The van der Waals surface area contributed by atoms with Crippen molar-refractivity contribution < 1.29 is 9.53 Å². The fourth-order valence-corrected chi connectivity index (χ4v) is 1.93. The Balaban J connectivity index is 2.53. The number of methoxy groups -OCH3 is 1. The zero-order chi connectivity index (χ0) is 10.1. The predicted octanol–water partition coefficient (Wildman–Crippen LogP) is 2.09. The summed E-state index contributed by atoms with van der Waals surface area (Å²) in [4.78, 5) is 11.4. The number of carbonyl (C=O) groups excluding carboxylic acids is 1. The highest BCUT2D eigenvalue weighted by molar-refractivity contribution is 6.33. The van der Waals surface area contributed by atoms with Crippen LogP contribution in [0.15, 0.2) is 12.1 Å². The van der Waals surface area contributed by atoms with E-state index in [1.54, 1.807) is 12.1 Å². The molecule has 1 aliphatic rings. The van der Waals surface area contributed by atoms with E-state index in [0.717, 1.165) is 24.2 Å². The predicted molar refractivity (Wildman–Crippen MR) is 55.0 cm³/mol. The van der Waals surface area contributed by atoms with Crippen molar-refractivity contribution in [1.29, 1.82) is 0 Å². The largest absolute Gasteiger partial charge is 0.465 e. The van der Waals surface area contributed by atoms with Crippen LogP contribution in [0.4, 0.5) is 5.69 Å². The van der Waals surface area contributed by atoms with Crippen molar-refractivity contribution in [2.24, 2.45) is 0 Å². The Hall–Kier alpha value is -1.22. The number of hydrogen-bond acceptors (Lipinski definition) is 3. The first kappa shape index (κ1) is 9.34. The van der Waals surface area contributed by atoms with E-state index in [1.807, 2.05) is 0 Å². The Bertz CT molecular complexity index is 390. The lowest BCUT2D eigenvalue weighted by molar-refractivity contribution is 0.0600. The highest BCUT2D eigenvalue weighted by atomic mass is 35.5. The van der Waals surface area contributed by atoms with Gasteiger partial charge >= 0.3 is 5.97 Å². The molecule has 3 nitrogen and oxygen atoms in total. The van der Waals surface area contributed by atoms with Gasteiger partial charge in [0.15, 0.2) is 0 Å². The molecule has 0 saturated carbocycles. The van der Waals surface area contributed by atoms with Gasteiger partial charge in [0, 0.05) is 6.54 Å². The second kappa shape index (κ2) is 3.50. The maximum absolute atomic E-state index is 11.4. The summed E-state index contributed by atoms with van der Waals surface area (Å²) in [6.07, 6.45) is 0.820. The van der Waals surface area contributed by atoms with Crippen LogP contribution >= 0.6 is 11.6 Å². The van der Waals surface area contributed by atoms with Crippen LogP contribution in [0.5, 0.6) is 0 Å². The summed E-state index contributed by atoms with van der Waals surface area (Å²) < 4.78 is 4.69. The molecule has 4 heteroatoms. The SMILES string of the molecule is COC(=O)c1ccc(Cl)c2c1CCN2. The van der Waals surface area contributed by atoms with Gasteiger partial charge in [-0.05, 0) is 24.1 Å². The highest BCUT2D eigenvalue weighted by Gasteiger charge is 2.21. The molecule has 0 saturated heterocycles. The van der Waals surface area contributed by atoms with Gasteiger partial charge in [-0.25, -0.2) is 4.79 Å². The van der Waals surface area contributed by atoms with Gasteiger partial charge < -0.3 is 10.1 Å². The zero-order valence-electron chi connectivity index (χ0n) is 7.76. The Morgan fingerprint density at radius 1 is 1.57 bits per heavy atom. The molecule has 0 radical (unpaired) electrons. The Labute approximate surface area is 87.0 Å². The number of rotatable bonds is 1. The summed E-state index contributed by atoms with van der Waals surface area (Å²) >= 11 is 5.97. The molecule has 14 heavy (non-hydrogen) atoms. The third-order valence-electron chi connectivity index (χ3n) is 2.34. The van der Waals surface area contributed by atoms with Gasteiger partial charge in [-0.2, -0.15) is 0 Å². The van der Waals surface area contributed by atoms with E-state index in [9.17, 15) is 4.79 Å². The van der Waals surface area contributed by atoms with Crippen LogP contribution in [-0.4, -0.2) is 19.6 Å². The number of hydrogen-bond donors (Lipinski definition) is 1. The van der Waals surface area contributed by atoms with Crippen LogP contribution in [-0.2, 0) is 11.2 Å². The van der Waals surface area contributed by atoms with Crippen molar-refractivity contribution in [1.82, 2.24) is 0 Å². The Kier molecular flexibility index (Phi) is 2.33. The van der Waals surface area contributed by atoms with Crippen molar-refractivity contribution in [3.63, 3.8) is 0 Å². The van der Waals surface area contributed by atoms with E-state index in [0.29, 0.717) is 10.6 Å². The molecule has 74 valence electrons. The lowest BCUT2D eigenvalue weighted by Gasteiger charge is -2.07. The van der Waals surface area contributed by atoms with Gasteiger partial charge in [0.1, 0.15) is 0 Å². The van der Waals surface area contributed by atoms with Gasteiger partial charge in [0.2, 0.25) is 0 Å². The second-order valence-corrected chi connectivity index (χ2v) is 3.52. The number of esters is 1. The van der Waals surface area contributed by atoms with Crippen molar-refractivity contribution in [3.8, 4) is 0 Å². The molecule has 0 spiro atoms. The summed E-state index contributed by atoms with van der Waals surface area (Å²) in [5.74, 6) is -0.304. The van der Waals surface area contributed by atoms with E-state index in [1.165, 1.54) is 7.11 Å². The third-order valence-corrected chi connectivity index (χ3v) is 2.66. The molecule has 1 aliphatic heterocycles. The van der Waals surface area contributed by atoms with Crippen molar-refractivity contribution in [2.45, 2.75) is 6.42 Å². The van der Waals surface area contributed by atoms with Crippen LogP contribution in [0.25, 0.3) is 0 Å². The minimum atomic E-state index is -0.304. The number of halogens is 1. The van der Waals surface area contributed by atoms with Crippen LogP contribution in [0, 0.1) is 0 Å². The molecule has 0 atom stereocenters. The quantitative estimate of drug-likeness (QED) is 0.723. The average molecular weight is 212 g/mol. The van der Waals surface area contributed by atoms with Gasteiger partial charge in [-0.3, -0.25) is 0 Å². The Morgan fingerprint density at radius 2 is 2.36 bits per heavy atom. The van der Waals surface area contributed by atoms with E-state index < -0.39 is 0 Å². The van der Waals surface area contributed by atoms with E-state index >= 15 is 0 Å². The number of anilines is 1. The molecule has 1 N–H and O–H groups in total. The topological polar surface area (TPSA) is 38.3 Å². The van der Waals surface area contributed by atoms with Gasteiger partial charge in [-0.15, -0.1) is 0 Å². The van der Waals surface area contributed by atoms with Crippen molar-refractivity contribution in [3.05, 3.63) is 28.3 Å². The first-order chi connectivity index (χ1) is 6.74. The van der Waals surface area contributed by atoms with E-state index in [4.69, 9.17) is 16.3 Å². The summed E-state index contributed by atoms with van der Waals surface area (Å²) in [5, 5.41) is 3.81. The molecule has 2 rings (SSSR count). The normalized spacial score (nSPS) is 13.3. The first-order valence-corrected chi connectivity index (χ1v) is 4.75. The zero-order valence-corrected chi connectivity index (χ0v) is 8.52. The van der Waals surface area contributed by atoms with Crippen molar-refractivity contribution in [2.75, 3.05) is 19.0 Å². The molecule has 0 fully saturated rings. The first-order valence-electron chi connectivity index (χ1n) is 4.37. The molecule has 1 aromatic carbocycles. The van der Waals surface area contributed by atoms with E-state index in [2.05, 4.69) is 5.32 Å². The summed E-state index contributed by atoms with van der Waals surface area (Å²) in [6.45, 7) is 0.822. The summed E-state index contributed by atoms with van der Waals surface area (Å²) in [6, 6.07) is 3.42. The van der Waals surface area contributed by atoms with Crippen LogP contribution in [0.3, 0.4) is 0 Å². The van der Waals surface area contributed by atoms with Crippen molar-refractivity contribution >= 4 is 23.3 Å². The average Bonchev–Trinajstić information content (AvgIpc) is 2.67. The molecule has 0 bridgehead atoms. The van der Waals surface area contributed by atoms with Gasteiger partial charge in [0.25, 0.3) is 0 Å². The number of nitrogens with one attached hydrogen (secondary N) is 1. The monoisotopic (exact) mass is 211 g/mol. The molecule has 0 aliphatic carbocycles. The smallest absolute Gasteiger partial charge is 0.338 e. The molecule has 0 unspecified atom stereocenters. The van der Waals surface area contributed by atoms with E-state index in [-0.39, 0.29) is 5.97 Å². The molecule has 1 aromatic rings. The maximum Gasteiger partial charge on any atom is 0.338 e. The van der Waals surface area contributed by atoms with Crippen LogP contribution in [0.1, 0.15) is 15.9 Å². The number of benzene rings is 1. The molecular weight excluding hydrogens is 202 g/mol. The van der Waals surface area contributed by atoms with Gasteiger partial charge in [-0.1, -0.05) is 11.6 Å². The second-order valence-electron chi connectivity index (χ2n) is 3.12. The number of fused-ring (bicyclic) bond motifs is 1. The Morgan fingerprint density at radius 3 is 3.07 bits per heavy atom. The fourth-order valence-electron chi connectivity index (χ4n) is 1.68. The highest BCUT2D eigenvalue weighted by Crippen LogP contribution is 2.33. The lowest BCUT2D eigenvalue weighted by atomic mass is 10.1. The minimum absolute atomic E-state index is 0.304. The summed E-state index contributed by atoms with van der Waals surface area (Å²) in [5.41, 5.74) is 2.44. The van der Waals surface area contributed by atoms with Crippen LogP contribution < -0.4 is 5.32 Å².